The van der Waals surface area contributed by atoms with Gasteiger partial charge in [-0.05, 0) is 24.6 Å². The Kier molecular flexibility index (Phi) is 2.14. The third kappa shape index (κ3) is 1.67. The molecule has 1 fully saturated rings. The molecule has 2 heterocycles. The van der Waals surface area contributed by atoms with Crippen LogP contribution in [0.25, 0.3) is 11.0 Å². The molecule has 1 aromatic carbocycles. The number of aromatic amines is 1. The molecule has 2 N–H and O–H groups in total. The van der Waals surface area contributed by atoms with Crippen molar-refractivity contribution in [2.24, 2.45) is 0 Å². The maximum atomic E-state index is 11.8. The molecule has 1 aromatic heterocycles. The second-order valence-electron chi connectivity index (χ2n) is 4.75. The second-order valence-corrected chi connectivity index (χ2v) is 4.75. The standard InChI is InChI=1S/C12H14N2O3/c1-8-2-3-10-9(4-8)13-11(15)14(10)5-12(16)6-17-7-12/h2-4,16H,5-7H2,1H3,(H,13,15). The van der Waals surface area contributed by atoms with Crippen molar-refractivity contribution in [3.8, 4) is 0 Å². The van der Waals surface area contributed by atoms with Gasteiger partial charge in [0.05, 0.1) is 30.8 Å². The average molecular weight is 234 g/mol. The smallest absolute Gasteiger partial charge is 0.326 e. The lowest BCUT2D eigenvalue weighted by atomic mass is 10.0. The minimum absolute atomic E-state index is 0.189. The zero-order valence-corrected chi connectivity index (χ0v) is 9.56. The number of nitrogens with zero attached hydrogens (tertiary/aromatic N) is 1. The number of imidazole rings is 1. The van der Waals surface area contributed by atoms with Crippen LogP contribution >= 0.6 is 0 Å². The number of aromatic nitrogens is 2. The molecule has 90 valence electrons. The van der Waals surface area contributed by atoms with Crippen LogP contribution in [-0.4, -0.2) is 33.5 Å². The molecule has 5 heteroatoms. The van der Waals surface area contributed by atoms with Crippen molar-refractivity contribution in [3.05, 3.63) is 34.2 Å². The molecule has 5 nitrogen and oxygen atoms in total. The van der Waals surface area contributed by atoms with Gasteiger partial charge in [0.15, 0.2) is 0 Å². The lowest BCUT2D eigenvalue weighted by molar-refractivity contribution is -0.184. The summed E-state index contributed by atoms with van der Waals surface area (Å²) in [5, 5.41) is 10.0. The summed E-state index contributed by atoms with van der Waals surface area (Å²) in [6.07, 6.45) is 0. The van der Waals surface area contributed by atoms with Crippen LogP contribution in [0.3, 0.4) is 0 Å². The average Bonchev–Trinajstić information content (AvgIpc) is 2.52. The number of benzene rings is 1. The normalized spacial score (nSPS) is 18.2. The first kappa shape index (κ1) is 10.6. The van der Waals surface area contributed by atoms with Crippen molar-refractivity contribution < 1.29 is 9.84 Å². The molecule has 0 bridgehead atoms. The maximum absolute atomic E-state index is 11.8. The summed E-state index contributed by atoms with van der Waals surface area (Å²) in [6.45, 7) is 2.83. The van der Waals surface area contributed by atoms with E-state index in [1.807, 2.05) is 25.1 Å². The van der Waals surface area contributed by atoms with Crippen molar-refractivity contribution in [2.75, 3.05) is 13.2 Å². The van der Waals surface area contributed by atoms with E-state index in [9.17, 15) is 9.90 Å². The van der Waals surface area contributed by atoms with Crippen LogP contribution in [0.15, 0.2) is 23.0 Å². The number of aliphatic hydroxyl groups is 1. The number of hydrogen-bond acceptors (Lipinski definition) is 3. The highest BCUT2D eigenvalue weighted by Gasteiger charge is 2.37. The molecule has 0 aliphatic carbocycles. The number of fused-ring (bicyclic) bond motifs is 1. The minimum atomic E-state index is -0.899. The quantitative estimate of drug-likeness (QED) is 0.790. The van der Waals surface area contributed by atoms with Crippen LogP contribution in [0.5, 0.6) is 0 Å². The predicted molar refractivity (Wildman–Crippen MR) is 63.1 cm³/mol. The van der Waals surface area contributed by atoms with Gasteiger partial charge in [0, 0.05) is 0 Å². The van der Waals surface area contributed by atoms with Crippen LogP contribution in [0, 0.1) is 6.92 Å². The van der Waals surface area contributed by atoms with Gasteiger partial charge in [0.25, 0.3) is 0 Å². The van der Waals surface area contributed by atoms with E-state index in [0.29, 0.717) is 0 Å². The monoisotopic (exact) mass is 234 g/mol. The first-order chi connectivity index (χ1) is 8.07. The molecule has 0 unspecified atom stereocenters. The Bertz CT molecular complexity index is 622. The van der Waals surface area contributed by atoms with Gasteiger partial charge in [0.1, 0.15) is 5.60 Å². The highest BCUT2D eigenvalue weighted by Crippen LogP contribution is 2.21. The lowest BCUT2D eigenvalue weighted by Crippen LogP contribution is -2.53. The minimum Gasteiger partial charge on any atom is -0.383 e. The van der Waals surface area contributed by atoms with Crippen molar-refractivity contribution in [3.63, 3.8) is 0 Å². The van der Waals surface area contributed by atoms with E-state index in [4.69, 9.17) is 4.74 Å². The molecule has 0 spiro atoms. The Morgan fingerprint density at radius 3 is 2.94 bits per heavy atom. The summed E-state index contributed by atoms with van der Waals surface area (Å²) < 4.78 is 6.55. The molecular formula is C12H14N2O3. The number of aryl methyl sites for hydroxylation is 1. The van der Waals surface area contributed by atoms with Crippen molar-refractivity contribution >= 4 is 11.0 Å². The first-order valence-electron chi connectivity index (χ1n) is 5.57. The van der Waals surface area contributed by atoms with Crippen LogP contribution < -0.4 is 5.69 Å². The molecule has 0 atom stereocenters. The molecular weight excluding hydrogens is 220 g/mol. The van der Waals surface area contributed by atoms with E-state index in [0.717, 1.165) is 16.6 Å². The molecule has 2 aromatic rings. The molecule has 1 saturated heterocycles. The highest BCUT2D eigenvalue weighted by atomic mass is 16.5. The topological polar surface area (TPSA) is 67.2 Å². The fourth-order valence-corrected chi connectivity index (χ4v) is 2.16. The Balaban J connectivity index is 2.09. The summed E-state index contributed by atoms with van der Waals surface area (Å²) in [6, 6.07) is 5.77. The Morgan fingerprint density at radius 2 is 2.29 bits per heavy atom. The Labute approximate surface area is 97.6 Å². The third-order valence-electron chi connectivity index (χ3n) is 3.12. The van der Waals surface area contributed by atoms with Gasteiger partial charge in [-0.3, -0.25) is 4.57 Å². The zero-order valence-electron chi connectivity index (χ0n) is 9.56. The van der Waals surface area contributed by atoms with E-state index < -0.39 is 5.60 Å². The fourth-order valence-electron chi connectivity index (χ4n) is 2.16. The summed E-state index contributed by atoms with van der Waals surface area (Å²) in [4.78, 5) is 14.6. The van der Waals surface area contributed by atoms with Crippen LogP contribution in [0.2, 0.25) is 0 Å². The van der Waals surface area contributed by atoms with Crippen molar-refractivity contribution in [1.82, 2.24) is 9.55 Å². The molecule has 0 amide bonds. The molecule has 1 aliphatic rings. The molecule has 0 saturated carbocycles. The van der Waals surface area contributed by atoms with Crippen LogP contribution in [0.1, 0.15) is 5.56 Å². The van der Waals surface area contributed by atoms with Gasteiger partial charge < -0.3 is 14.8 Å². The van der Waals surface area contributed by atoms with E-state index >= 15 is 0 Å². The predicted octanol–water partition coefficient (Wildman–Crippen LogP) is 0.399. The third-order valence-corrected chi connectivity index (χ3v) is 3.12. The largest absolute Gasteiger partial charge is 0.383 e. The SMILES string of the molecule is Cc1ccc2c(c1)[nH]c(=O)n2CC1(O)COC1. The maximum Gasteiger partial charge on any atom is 0.326 e. The van der Waals surface area contributed by atoms with Gasteiger partial charge in [-0.15, -0.1) is 0 Å². The molecule has 17 heavy (non-hydrogen) atoms. The van der Waals surface area contributed by atoms with Crippen molar-refractivity contribution in [2.45, 2.75) is 19.1 Å². The van der Waals surface area contributed by atoms with Gasteiger partial charge in [-0.25, -0.2) is 4.79 Å². The Hall–Kier alpha value is -1.59. The fraction of sp³-hybridized carbons (Fsp3) is 0.417. The molecule has 3 rings (SSSR count). The van der Waals surface area contributed by atoms with Gasteiger partial charge in [-0.1, -0.05) is 6.07 Å². The van der Waals surface area contributed by atoms with Gasteiger partial charge in [0.2, 0.25) is 0 Å². The second kappa shape index (κ2) is 3.45. The molecule has 1 aliphatic heterocycles. The van der Waals surface area contributed by atoms with E-state index in [1.165, 1.54) is 0 Å². The number of H-pyrrole nitrogens is 1. The van der Waals surface area contributed by atoms with Gasteiger partial charge in [-0.2, -0.15) is 0 Å². The summed E-state index contributed by atoms with van der Waals surface area (Å²) in [5.41, 5.74) is 1.63. The molecule has 0 radical (unpaired) electrons. The van der Waals surface area contributed by atoms with Crippen molar-refractivity contribution in [1.29, 1.82) is 0 Å². The van der Waals surface area contributed by atoms with Gasteiger partial charge >= 0.3 is 5.69 Å². The van der Waals surface area contributed by atoms with E-state index in [2.05, 4.69) is 4.98 Å². The van der Waals surface area contributed by atoms with E-state index in [1.54, 1.807) is 4.57 Å². The van der Waals surface area contributed by atoms with Crippen LogP contribution in [0.4, 0.5) is 0 Å². The summed E-state index contributed by atoms with van der Waals surface area (Å²) >= 11 is 0. The lowest BCUT2D eigenvalue weighted by Gasteiger charge is -2.36. The Morgan fingerprint density at radius 1 is 1.53 bits per heavy atom. The van der Waals surface area contributed by atoms with Crippen LogP contribution in [-0.2, 0) is 11.3 Å². The summed E-state index contributed by atoms with van der Waals surface area (Å²) in [5.74, 6) is 0. The number of nitrogens with one attached hydrogen (secondary N) is 1. The zero-order chi connectivity index (χ0) is 12.0. The first-order valence-corrected chi connectivity index (χ1v) is 5.57. The summed E-state index contributed by atoms with van der Waals surface area (Å²) in [7, 11) is 0. The number of ether oxygens (including phenoxy) is 1. The highest BCUT2D eigenvalue weighted by molar-refractivity contribution is 5.76. The number of hydrogen-bond donors (Lipinski definition) is 2. The van der Waals surface area contributed by atoms with E-state index in [-0.39, 0.29) is 25.4 Å². The number of rotatable bonds is 2.